The summed E-state index contributed by atoms with van der Waals surface area (Å²) in [6.07, 6.45) is 0.941. The molecular formula is C11H17NO2. The van der Waals surface area contributed by atoms with Gasteiger partial charge in [-0.2, -0.15) is 0 Å². The van der Waals surface area contributed by atoms with E-state index in [1.807, 2.05) is 13.8 Å². The predicted octanol–water partition coefficient (Wildman–Crippen LogP) is 2.14. The second-order valence-electron chi connectivity index (χ2n) is 3.65. The zero-order valence-electron chi connectivity index (χ0n) is 8.57. The molecule has 0 saturated carbocycles. The Labute approximate surface area is 84.2 Å². The van der Waals surface area contributed by atoms with Gasteiger partial charge in [0.25, 0.3) is 0 Å². The van der Waals surface area contributed by atoms with Crippen molar-refractivity contribution >= 4 is 0 Å². The first-order valence-corrected chi connectivity index (χ1v) is 4.83. The Morgan fingerprint density at radius 1 is 1.36 bits per heavy atom. The standard InChI is InChI=1S/C11H17NO2/c1-3-7(2)11(12)9-6-8(13)4-5-10(9)14/h4-7,11,13-14H,3,12H2,1-2H3/t7?,11-/m1/s1. The normalized spacial score (nSPS) is 15.1. The maximum absolute atomic E-state index is 9.56. The molecule has 0 aliphatic heterocycles. The summed E-state index contributed by atoms with van der Waals surface area (Å²) in [5, 5.41) is 18.8. The van der Waals surface area contributed by atoms with Crippen LogP contribution in [0.5, 0.6) is 11.5 Å². The monoisotopic (exact) mass is 195 g/mol. The number of hydrogen-bond donors (Lipinski definition) is 3. The zero-order valence-corrected chi connectivity index (χ0v) is 8.57. The molecule has 2 atom stereocenters. The van der Waals surface area contributed by atoms with Gasteiger partial charge in [-0.3, -0.25) is 0 Å². The Hall–Kier alpha value is -1.22. The Balaban J connectivity index is 2.99. The number of benzene rings is 1. The van der Waals surface area contributed by atoms with Gasteiger partial charge in [0.1, 0.15) is 11.5 Å². The fourth-order valence-corrected chi connectivity index (χ4v) is 1.37. The molecule has 1 rings (SSSR count). The second kappa shape index (κ2) is 4.33. The lowest BCUT2D eigenvalue weighted by Crippen LogP contribution is -2.18. The Morgan fingerprint density at radius 2 is 2.00 bits per heavy atom. The van der Waals surface area contributed by atoms with Gasteiger partial charge in [0.15, 0.2) is 0 Å². The van der Waals surface area contributed by atoms with Crippen molar-refractivity contribution in [2.45, 2.75) is 26.3 Å². The highest BCUT2D eigenvalue weighted by atomic mass is 16.3. The summed E-state index contributed by atoms with van der Waals surface area (Å²) in [5.41, 5.74) is 6.56. The molecule has 3 nitrogen and oxygen atoms in total. The molecule has 1 aromatic rings. The van der Waals surface area contributed by atoms with E-state index in [0.29, 0.717) is 5.56 Å². The van der Waals surface area contributed by atoms with Crippen molar-refractivity contribution in [1.82, 2.24) is 0 Å². The van der Waals surface area contributed by atoms with Crippen LogP contribution in [-0.4, -0.2) is 10.2 Å². The molecule has 1 unspecified atom stereocenters. The fraction of sp³-hybridized carbons (Fsp3) is 0.455. The number of hydrogen-bond acceptors (Lipinski definition) is 3. The number of phenolic OH excluding ortho intramolecular Hbond substituents is 2. The molecule has 0 heterocycles. The van der Waals surface area contributed by atoms with Gasteiger partial charge in [0.05, 0.1) is 0 Å². The van der Waals surface area contributed by atoms with Crippen LogP contribution in [0.4, 0.5) is 0 Å². The highest BCUT2D eigenvalue weighted by Crippen LogP contribution is 2.31. The molecule has 0 radical (unpaired) electrons. The van der Waals surface area contributed by atoms with Crippen LogP contribution in [0.15, 0.2) is 18.2 Å². The van der Waals surface area contributed by atoms with E-state index in [0.717, 1.165) is 6.42 Å². The predicted molar refractivity (Wildman–Crippen MR) is 56.2 cm³/mol. The molecule has 3 heteroatoms. The van der Waals surface area contributed by atoms with Gasteiger partial charge >= 0.3 is 0 Å². The molecule has 78 valence electrons. The average molecular weight is 195 g/mol. The molecule has 0 fully saturated rings. The maximum atomic E-state index is 9.56. The van der Waals surface area contributed by atoms with E-state index in [1.54, 1.807) is 0 Å². The lowest BCUT2D eigenvalue weighted by molar-refractivity contribution is 0.413. The molecule has 0 spiro atoms. The summed E-state index contributed by atoms with van der Waals surface area (Å²) in [6, 6.07) is 4.20. The van der Waals surface area contributed by atoms with Crippen LogP contribution in [-0.2, 0) is 0 Å². The van der Waals surface area contributed by atoms with Crippen LogP contribution >= 0.6 is 0 Å². The third-order valence-electron chi connectivity index (χ3n) is 2.63. The molecule has 0 aliphatic rings. The minimum Gasteiger partial charge on any atom is -0.508 e. The molecule has 0 aromatic heterocycles. The average Bonchev–Trinajstić information content (AvgIpc) is 2.19. The summed E-state index contributed by atoms with van der Waals surface area (Å²) in [6.45, 7) is 4.07. The van der Waals surface area contributed by atoms with Crippen molar-refractivity contribution in [2.75, 3.05) is 0 Å². The van der Waals surface area contributed by atoms with Gasteiger partial charge < -0.3 is 15.9 Å². The first kappa shape index (κ1) is 10.9. The first-order valence-electron chi connectivity index (χ1n) is 4.83. The number of phenols is 2. The highest BCUT2D eigenvalue weighted by molar-refractivity contribution is 5.40. The van der Waals surface area contributed by atoms with Crippen molar-refractivity contribution in [1.29, 1.82) is 0 Å². The third-order valence-corrected chi connectivity index (χ3v) is 2.63. The molecule has 0 aliphatic carbocycles. The lowest BCUT2D eigenvalue weighted by Gasteiger charge is -2.19. The van der Waals surface area contributed by atoms with E-state index in [9.17, 15) is 10.2 Å². The molecule has 0 amide bonds. The summed E-state index contributed by atoms with van der Waals surface area (Å²) in [5.74, 6) is 0.565. The van der Waals surface area contributed by atoms with E-state index in [-0.39, 0.29) is 23.5 Å². The van der Waals surface area contributed by atoms with E-state index in [2.05, 4.69) is 0 Å². The van der Waals surface area contributed by atoms with E-state index in [1.165, 1.54) is 18.2 Å². The van der Waals surface area contributed by atoms with Gasteiger partial charge in [-0.1, -0.05) is 20.3 Å². The van der Waals surface area contributed by atoms with Crippen molar-refractivity contribution in [3.05, 3.63) is 23.8 Å². The van der Waals surface area contributed by atoms with E-state index in [4.69, 9.17) is 5.73 Å². The van der Waals surface area contributed by atoms with Crippen molar-refractivity contribution in [3.8, 4) is 11.5 Å². The van der Waals surface area contributed by atoms with Gasteiger partial charge in [0.2, 0.25) is 0 Å². The SMILES string of the molecule is CCC(C)[C@@H](N)c1cc(O)ccc1O. The molecule has 4 N–H and O–H groups in total. The topological polar surface area (TPSA) is 66.5 Å². The Morgan fingerprint density at radius 3 is 2.57 bits per heavy atom. The molecule has 0 bridgehead atoms. The number of aromatic hydroxyl groups is 2. The lowest BCUT2D eigenvalue weighted by atomic mass is 9.92. The first-order chi connectivity index (χ1) is 6.56. The van der Waals surface area contributed by atoms with Gasteiger partial charge in [-0.15, -0.1) is 0 Å². The van der Waals surface area contributed by atoms with Crippen LogP contribution in [0.3, 0.4) is 0 Å². The zero-order chi connectivity index (χ0) is 10.7. The van der Waals surface area contributed by atoms with E-state index >= 15 is 0 Å². The van der Waals surface area contributed by atoms with Crippen LogP contribution in [0, 0.1) is 5.92 Å². The molecular weight excluding hydrogens is 178 g/mol. The van der Waals surface area contributed by atoms with Crippen LogP contribution in [0.2, 0.25) is 0 Å². The molecule has 1 aromatic carbocycles. The number of rotatable bonds is 3. The second-order valence-corrected chi connectivity index (χ2v) is 3.65. The highest BCUT2D eigenvalue weighted by Gasteiger charge is 2.16. The fourth-order valence-electron chi connectivity index (χ4n) is 1.37. The molecule has 14 heavy (non-hydrogen) atoms. The van der Waals surface area contributed by atoms with Gasteiger partial charge in [-0.05, 0) is 24.1 Å². The van der Waals surface area contributed by atoms with Crippen LogP contribution in [0.1, 0.15) is 31.9 Å². The smallest absolute Gasteiger partial charge is 0.120 e. The molecule has 0 saturated heterocycles. The summed E-state index contributed by atoms with van der Waals surface area (Å²) in [4.78, 5) is 0. The maximum Gasteiger partial charge on any atom is 0.120 e. The number of nitrogens with two attached hydrogens (primary N) is 1. The summed E-state index contributed by atoms with van der Waals surface area (Å²) >= 11 is 0. The quantitative estimate of drug-likeness (QED) is 0.647. The minimum atomic E-state index is -0.230. The van der Waals surface area contributed by atoms with Crippen molar-refractivity contribution in [2.24, 2.45) is 11.7 Å². The third kappa shape index (κ3) is 2.17. The van der Waals surface area contributed by atoms with Crippen molar-refractivity contribution in [3.63, 3.8) is 0 Å². The minimum absolute atomic E-state index is 0.136. The van der Waals surface area contributed by atoms with Crippen LogP contribution in [0.25, 0.3) is 0 Å². The van der Waals surface area contributed by atoms with Gasteiger partial charge in [-0.25, -0.2) is 0 Å². The Kier molecular flexibility index (Phi) is 3.36. The Bertz CT molecular complexity index is 312. The summed E-state index contributed by atoms with van der Waals surface area (Å²) in [7, 11) is 0. The summed E-state index contributed by atoms with van der Waals surface area (Å²) < 4.78 is 0. The van der Waals surface area contributed by atoms with Crippen molar-refractivity contribution < 1.29 is 10.2 Å². The largest absolute Gasteiger partial charge is 0.508 e. The van der Waals surface area contributed by atoms with Gasteiger partial charge in [0, 0.05) is 11.6 Å². The van der Waals surface area contributed by atoms with E-state index < -0.39 is 0 Å². The van der Waals surface area contributed by atoms with Crippen LogP contribution < -0.4 is 5.73 Å².